The Morgan fingerprint density at radius 3 is 2.69 bits per heavy atom. The minimum Gasteiger partial charge on any atom is -0.375 e. The second-order valence-electron chi connectivity index (χ2n) is 6.85. The molecule has 26 heavy (non-hydrogen) atoms. The summed E-state index contributed by atoms with van der Waals surface area (Å²) in [4.78, 5) is 8.04. The molecule has 152 valence electrons. The summed E-state index contributed by atoms with van der Waals surface area (Å²) in [6, 6.07) is 0. The van der Waals surface area contributed by atoms with Crippen LogP contribution in [-0.4, -0.2) is 93.7 Å². The zero-order chi connectivity index (χ0) is 19.0. The lowest BCUT2D eigenvalue weighted by Crippen LogP contribution is -2.53. The van der Waals surface area contributed by atoms with E-state index in [1.807, 2.05) is 6.92 Å². The Labute approximate surface area is 153 Å². The third kappa shape index (κ3) is 7.28. The molecule has 2 atom stereocenters. The van der Waals surface area contributed by atoms with Gasteiger partial charge in [0.1, 0.15) is 6.10 Å². The molecule has 0 amide bonds. The predicted octanol–water partition coefficient (Wildman–Crippen LogP) is 1.72. The van der Waals surface area contributed by atoms with Gasteiger partial charge in [-0.2, -0.15) is 13.2 Å². The van der Waals surface area contributed by atoms with E-state index in [1.54, 1.807) is 0 Å². The van der Waals surface area contributed by atoms with Crippen LogP contribution in [0.25, 0.3) is 0 Å². The maximum atomic E-state index is 12.3. The molecule has 2 saturated heterocycles. The normalized spacial score (nSPS) is 25.2. The molecule has 0 saturated carbocycles. The van der Waals surface area contributed by atoms with E-state index in [9.17, 15) is 13.2 Å². The zero-order valence-electron chi connectivity index (χ0n) is 15.7. The summed E-state index contributed by atoms with van der Waals surface area (Å²) in [5, 5.41) is 3.28. The molecule has 2 aliphatic heterocycles. The van der Waals surface area contributed by atoms with Crippen LogP contribution in [-0.2, 0) is 9.47 Å². The van der Waals surface area contributed by atoms with Gasteiger partial charge in [0.05, 0.1) is 19.3 Å². The van der Waals surface area contributed by atoms with Gasteiger partial charge in [-0.05, 0) is 39.8 Å². The van der Waals surface area contributed by atoms with Crippen molar-refractivity contribution in [3.8, 4) is 0 Å². The number of hydrogen-bond acceptors (Lipinski definition) is 4. The van der Waals surface area contributed by atoms with Crippen molar-refractivity contribution in [1.82, 2.24) is 15.1 Å². The molecule has 0 radical (unpaired) electrons. The maximum absolute atomic E-state index is 12.3. The summed E-state index contributed by atoms with van der Waals surface area (Å²) in [6.07, 6.45) is -1.27. The summed E-state index contributed by atoms with van der Waals surface area (Å²) in [5.74, 6) is 0.803. The first-order valence-electron chi connectivity index (χ1n) is 9.41. The Kier molecular flexibility index (Phi) is 8.43. The largest absolute Gasteiger partial charge is 0.401 e. The number of alkyl halides is 3. The van der Waals surface area contributed by atoms with Gasteiger partial charge in [-0.3, -0.25) is 9.89 Å². The van der Waals surface area contributed by atoms with Crippen molar-refractivity contribution in [3.05, 3.63) is 0 Å². The molecule has 9 heteroatoms. The molecule has 0 aliphatic carbocycles. The fraction of sp³-hybridized carbons (Fsp3) is 0.941. The molecule has 1 N–H and O–H groups in total. The molecular weight excluding hydrogens is 349 g/mol. The predicted molar refractivity (Wildman–Crippen MR) is 94.4 cm³/mol. The zero-order valence-corrected chi connectivity index (χ0v) is 15.7. The van der Waals surface area contributed by atoms with Crippen molar-refractivity contribution >= 4 is 5.96 Å². The first kappa shape index (κ1) is 21.2. The molecule has 2 heterocycles. The Hall–Kier alpha value is -1.06. The highest BCUT2D eigenvalue weighted by Gasteiger charge is 2.32. The van der Waals surface area contributed by atoms with Crippen LogP contribution in [0.3, 0.4) is 0 Å². The van der Waals surface area contributed by atoms with E-state index < -0.39 is 12.7 Å². The van der Waals surface area contributed by atoms with Gasteiger partial charge in [0, 0.05) is 32.8 Å². The highest BCUT2D eigenvalue weighted by molar-refractivity contribution is 5.80. The van der Waals surface area contributed by atoms with Gasteiger partial charge in [0.15, 0.2) is 5.96 Å². The number of rotatable bonds is 7. The number of ether oxygens (including phenoxy) is 2. The van der Waals surface area contributed by atoms with Gasteiger partial charge in [0.2, 0.25) is 0 Å². The average molecular weight is 380 g/mol. The van der Waals surface area contributed by atoms with Crippen LogP contribution in [0, 0.1) is 0 Å². The number of guanidine groups is 1. The average Bonchev–Trinajstić information content (AvgIpc) is 3.11. The molecular formula is C17H31F3N4O2. The van der Waals surface area contributed by atoms with E-state index >= 15 is 0 Å². The lowest BCUT2D eigenvalue weighted by molar-refractivity contribution is -0.143. The third-order valence-corrected chi connectivity index (χ3v) is 4.52. The van der Waals surface area contributed by atoms with Gasteiger partial charge in [0.25, 0.3) is 0 Å². The number of nitrogens with one attached hydrogen (secondary N) is 1. The summed E-state index contributed by atoms with van der Waals surface area (Å²) in [7, 11) is 1.48. The van der Waals surface area contributed by atoms with Gasteiger partial charge in [-0.25, -0.2) is 0 Å². The number of aliphatic imine (C=N–C) groups is 1. The van der Waals surface area contributed by atoms with Crippen LogP contribution in [0.1, 0.15) is 26.2 Å². The smallest absolute Gasteiger partial charge is 0.375 e. The summed E-state index contributed by atoms with van der Waals surface area (Å²) < 4.78 is 48.6. The highest BCUT2D eigenvalue weighted by atomic mass is 19.4. The molecule has 2 aliphatic rings. The quantitative estimate of drug-likeness (QED) is 0.414. The minimum atomic E-state index is -4.15. The summed E-state index contributed by atoms with van der Waals surface area (Å²) >= 11 is 0. The van der Waals surface area contributed by atoms with E-state index in [1.165, 1.54) is 11.9 Å². The minimum absolute atomic E-state index is 0.0491. The first-order valence-corrected chi connectivity index (χ1v) is 9.41. The monoisotopic (exact) mass is 380 g/mol. The molecule has 0 aromatic heterocycles. The van der Waals surface area contributed by atoms with Crippen molar-refractivity contribution < 1.29 is 22.6 Å². The Morgan fingerprint density at radius 1 is 1.27 bits per heavy atom. The Morgan fingerprint density at radius 2 is 2.04 bits per heavy atom. The number of morpholine rings is 1. The molecule has 2 fully saturated rings. The van der Waals surface area contributed by atoms with Crippen molar-refractivity contribution in [2.75, 3.05) is 59.5 Å². The first-order chi connectivity index (χ1) is 12.4. The van der Waals surface area contributed by atoms with Gasteiger partial charge >= 0.3 is 6.18 Å². The van der Waals surface area contributed by atoms with Crippen LogP contribution < -0.4 is 5.32 Å². The Balaban J connectivity index is 1.81. The molecule has 0 bridgehead atoms. The SMILES string of the molecule is CCNC(=NCCCN(C)CC(F)(F)F)N1CCOC(C2CCCO2)C1. The second-order valence-corrected chi connectivity index (χ2v) is 6.85. The third-order valence-electron chi connectivity index (χ3n) is 4.52. The molecule has 6 nitrogen and oxygen atoms in total. The van der Waals surface area contributed by atoms with E-state index in [-0.39, 0.29) is 12.2 Å². The fourth-order valence-electron chi connectivity index (χ4n) is 3.33. The highest BCUT2D eigenvalue weighted by Crippen LogP contribution is 2.21. The maximum Gasteiger partial charge on any atom is 0.401 e. The van der Waals surface area contributed by atoms with Crippen LogP contribution in [0.15, 0.2) is 4.99 Å². The molecule has 0 aromatic carbocycles. The van der Waals surface area contributed by atoms with E-state index in [4.69, 9.17) is 9.47 Å². The van der Waals surface area contributed by atoms with Crippen LogP contribution in [0.5, 0.6) is 0 Å². The van der Waals surface area contributed by atoms with Crippen LogP contribution >= 0.6 is 0 Å². The number of nitrogens with zero attached hydrogens (tertiary/aromatic N) is 3. The fourth-order valence-corrected chi connectivity index (χ4v) is 3.33. The molecule has 2 unspecified atom stereocenters. The van der Waals surface area contributed by atoms with Gasteiger partial charge in [-0.1, -0.05) is 0 Å². The Bertz CT molecular complexity index is 442. The summed E-state index contributed by atoms with van der Waals surface area (Å²) in [5.41, 5.74) is 0. The van der Waals surface area contributed by atoms with E-state index in [2.05, 4.69) is 15.2 Å². The van der Waals surface area contributed by atoms with Crippen molar-refractivity contribution in [2.45, 2.75) is 44.6 Å². The number of halogens is 3. The van der Waals surface area contributed by atoms with E-state index in [0.29, 0.717) is 26.1 Å². The van der Waals surface area contributed by atoms with Crippen molar-refractivity contribution in [1.29, 1.82) is 0 Å². The van der Waals surface area contributed by atoms with Gasteiger partial charge < -0.3 is 19.7 Å². The van der Waals surface area contributed by atoms with Crippen molar-refractivity contribution in [3.63, 3.8) is 0 Å². The number of hydrogen-bond donors (Lipinski definition) is 1. The lowest BCUT2D eigenvalue weighted by atomic mass is 10.1. The molecule has 0 spiro atoms. The van der Waals surface area contributed by atoms with Crippen molar-refractivity contribution in [2.24, 2.45) is 4.99 Å². The van der Waals surface area contributed by atoms with E-state index in [0.717, 1.165) is 45.0 Å². The standard InChI is InChI=1S/C17H31F3N4O2/c1-3-21-16(22-7-5-8-23(2)13-17(18,19)20)24-9-11-26-15(12-24)14-6-4-10-25-14/h14-15H,3-13H2,1-2H3,(H,21,22). The van der Waals surface area contributed by atoms with Gasteiger partial charge in [-0.15, -0.1) is 0 Å². The van der Waals surface area contributed by atoms with Crippen LogP contribution in [0.4, 0.5) is 13.2 Å². The molecule has 2 rings (SSSR count). The molecule has 0 aromatic rings. The second kappa shape index (κ2) is 10.3. The topological polar surface area (TPSA) is 49.3 Å². The summed E-state index contributed by atoms with van der Waals surface area (Å²) in [6.45, 7) is 5.63. The van der Waals surface area contributed by atoms with Crippen LogP contribution in [0.2, 0.25) is 0 Å². The lowest BCUT2D eigenvalue weighted by Gasteiger charge is -2.37.